The van der Waals surface area contributed by atoms with Crippen LogP contribution in [0, 0.1) is 23.2 Å². The zero-order valence-corrected chi connectivity index (χ0v) is 16.1. The Hall–Kier alpha value is -1.63. The third-order valence-corrected chi connectivity index (χ3v) is 5.31. The molecule has 1 atom stereocenters. The average Bonchev–Trinajstić information content (AvgIpc) is 3.16. The Morgan fingerprint density at radius 1 is 1.42 bits per heavy atom. The molecule has 0 spiro atoms. The Morgan fingerprint density at radius 3 is 2.92 bits per heavy atom. The lowest BCUT2D eigenvalue weighted by Crippen LogP contribution is -2.22. The Labute approximate surface area is 156 Å². The summed E-state index contributed by atoms with van der Waals surface area (Å²) in [6.07, 6.45) is 7.73. The van der Waals surface area contributed by atoms with Crippen molar-refractivity contribution in [2.75, 3.05) is 6.54 Å². The highest BCUT2D eigenvalue weighted by Gasteiger charge is 2.28. The molecule has 1 aromatic carbocycles. The predicted octanol–water partition coefficient (Wildman–Crippen LogP) is 5.07. The monoisotopic (exact) mass is 437 g/mol. The van der Waals surface area contributed by atoms with E-state index in [9.17, 15) is 4.39 Å². The molecule has 2 aromatic rings. The number of nitrogens with zero attached hydrogens (tertiary/aromatic N) is 3. The Kier molecular flexibility index (Phi) is 5.08. The molecule has 1 aliphatic heterocycles. The summed E-state index contributed by atoms with van der Waals surface area (Å²) in [7, 11) is 0. The number of aromatic nitrogens is 2. The van der Waals surface area contributed by atoms with Crippen LogP contribution in [-0.4, -0.2) is 21.2 Å². The van der Waals surface area contributed by atoms with Gasteiger partial charge in [0.05, 0.1) is 12.2 Å². The van der Waals surface area contributed by atoms with E-state index in [0.717, 1.165) is 45.5 Å². The molecule has 126 valence electrons. The molecule has 0 amide bonds. The van der Waals surface area contributed by atoms with Crippen molar-refractivity contribution in [1.82, 2.24) is 14.7 Å². The van der Waals surface area contributed by atoms with Crippen molar-refractivity contribution in [2.45, 2.75) is 32.7 Å². The molecule has 1 fully saturated rings. The number of likely N-dealkylation sites (tertiary alicyclic amines) is 1. The van der Waals surface area contributed by atoms with E-state index in [2.05, 4.69) is 39.2 Å². The number of benzene rings is 1. The summed E-state index contributed by atoms with van der Waals surface area (Å²) in [6, 6.07) is 5.35. The molecule has 1 saturated heterocycles. The second kappa shape index (κ2) is 7.09. The number of aryl methyl sites for hydroxylation is 1. The quantitative estimate of drug-likeness (QED) is 0.492. The van der Waals surface area contributed by atoms with Crippen LogP contribution >= 0.6 is 22.6 Å². The SMILES string of the molecule is C=C(/C=C\n1ncc(C)c1C)N1CCC[C@@H]1c1cc(I)ccc1F. The van der Waals surface area contributed by atoms with Gasteiger partial charge in [0.15, 0.2) is 0 Å². The van der Waals surface area contributed by atoms with Gasteiger partial charge in [-0.15, -0.1) is 0 Å². The van der Waals surface area contributed by atoms with Gasteiger partial charge < -0.3 is 4.90 Å². The number of hydrogen-bond acceptors (Lipinski definition) is 2. The van der Waals surface area contributed by atoms with Crippen LogP contribution in [0.2, 0.25) is 0 Å². The molecule has 0 unspecified atom stereocenters. The molecule has 1 aromatic heterocycles. The minimum Gasteiger partial charge on any atom is -0.365 e. The highest BCUT2D eigenvalue weighted by atomic mass is 127. The van der Waals surface area contributed by atoms with Crippen molar-refractivity contribution in [2.24, 2.45) is 0 Å². The Bertz CT molecular complexity index is 794. The molecule has 0 saturated carbocycles. The van der Waals surface area contributed by atoms with Gasteiger partial charge in [-0.3, -0.25) is 0 Å². The zero-order chi connectivity index (χ0) is 17.3. The molecule has 0 radical (unpaired) electrons. The van der Waals surface area contributed by atoms with Gasteiger partial charge in [0.2, 0.25) is 0 Å². The van der Waals surface area contributed by atoms with Crippen LogP contribution in [-0.2, 0) is 0 Å². The first-order valence-electron chi connectivity index (χ1n) is 8.07. The van der Waals surface area contributed by atoms with E-state index < -0.39 is 0 Å². The van der Waals surface area contributed by atoms with Gasteiger partial charge in [-0.05, 0) is 79.1 Å². The molecule has 0 bridgehead atoms. The molecular weight excluding hydrogens is 416 g/mol. The summed E-state index contributed by atoms with van der Waals surface area (Å²) >= 11 is 2.23. The largest absolute Gasteiger partial charge is 0.365 e. The summed E-state index contributed by atoms with van der Waals surface area (Å²) in [4.78, 5) is 2.19. The fraction of sp³-hybridized carbons (Fsp3) is 0.316. The maximum atomic E-state index is 14.3. The third kappa shape index (κ3) is 3.41. The van der Waals surface area contributed by atoms with Crippen LogP contribution in [0.1, 0.15) is 35.7 Å². The summed E-state index contributed by atoms with van der Waals surface area (Å²) in [6.45, 7) is 9.17. The van der Waals surface area contributed by atoms with Gasteiger partial charge in [-0.2, -0.15) is 5.10 Å². The summed E-state index contributed by atoms with van der Waals surface area (Å²) in [5, 5.41) is 4.33. The molecule has 0 aliphatic carbocycles. The van der Waals surface area contributed by atoms with Gasteiger partial charge in [0.1, 0.15) is 5.82 Å². The van der Waals surface area contributed by atoms with Crippen molar-refractivity contribution in [3.8, 4) is 0 Å². The highest BCUT2D eigenvalue weighted by molar-refractivity contribution is 14.1. The normalized spacial score (nSPS) is 17.8. The fourth-order valence-electron chi connectivity index (χ4n) is 3.12. The lowest BCUT2D eigenvalue weighted by Gasteiger charge is -2.28. The third-order valence-electron chi connectivity index (χ3n) is 4.64. The first-order chi connectivity index (χ1) is 11.5. The maximum Gasteiger partial charge on any atom is 0.128 e. The van der Waals surface area contributed by atoms with E-state index in [1.807, 2.05) is 43.1 Å². The predicted molar refractivity (Wildman–Crippen MR) is 104 cm³/mol. The molecule has 1 aliphatic rings. The van der Waals surface area contributed by atoms with Crippen LogP contribution in [0.25, 0.3) is 6.20 Å². The highest BCUT2D eigenvalue weighted by Crippen LogP contribution is 2.36. The maximum absolute atomic E-state index is 14.3. The number of hydrogen-bond donors (Lipinski definition) is 0. The first-order valence-corrected chi connectivity index (χ1v) is 9.14. The molecule has 24 heavy (non-hydrogen) atoms. The van der Waals surface area contributed by atoms with E-state index in [1.165, 1.54) is 0 Å². The Balaban J connectivity index is 1.81. The van der Waals surface area contributed by atoms with Crippen LogP contribution < -0.4 is 0 Å². The summed E-state index contributed by atoms with van der Waals surface area (Å²) in [5.74, 6) is -0.136. The molecule has 3 nitrogen and oxygen atoms in total. The van der Waals surface area contributed by atoms with E-state index in [-0.39, 0.29) is 11.9 Å². The molecule has 2 heterocycles. The number of allylic oxidation sites excluding steroid dienone is 1. The lowest BCUT2D eigenvalue weighted by atomic mass is 10.0. The van der Waals surface area contributed by atoms with Crippen molar-refractivity contribution in [1.29, 1.82) is 0 Å². The number of rotatable bonds is 4. The van der Waals surface area contributed by atoms with Gasteiger partial charge in [0.25, 0.3) is 0 Å². The number of halogens is 2. The minimum atomic E-state index is -0.136. The molecular formula is C19H21FIN3. The molecule has 0 N–H and O–H groups in total. The molecule has 3 rings (SSSR count). The molecule has 5 heteroatoms. The Morgan fingerprint density at radius 2 is 2.21 bits per heavy atom. The van der Waals surface area contributed by atoms with E-state index in [1.54, 1.807) is 12.1 Å². The van der Waals surface area contributed by atoms with Crippen LogP contribution in [0.3, 0.4) is 0 Å². The van der Waals surface area contributed by atoms with E-state index in [4.69, 9.17) is 0 Å². The standard InChI is InChI=1S/C19H21FIN3/c1-13-12-22-24(15(13)3)10-8-14(2)23-9-4-5-19(23)17-11-16(21)6-7-18(17)20/h6-8,10-12,19H,2,4-5,9H2,1,3H3/b10-8-/t19-/m1/s1. The lowest BCUT2D eigenvalue weighted by molar-refractivity contribution is 0.330. The topological polar surface area (TPSA) is 21.1 Å². The minimum absolute atomic E-state index is 0.0531. The van der Waals surface area contributed by atoms with Gasteiger partial charge in [-0.1, -0.05) is 6.58 Å². The smallest absolute Gasteiger partial charge is 0.128 e. The van der Waals surface area contributed by atoms with Crippen LogP contribution in [0.4, 0.5) is 4.39 Å². The van der Waals surface area contributed by atoms with E-state index >= 15 is 0 Å². The second-order valence-corrected chi connectivity index (χ2v) is 7.43. The van der Waals surface area contributed by atoms with Gasteiger partial charge in [-0.25, -0.2) is 9.07 Å². The zero-order valence-electron chi connectivity index (χ0n) is 14.0. The van der Waals surface area contributed by atoms with Crippen molar-refractivity contribution < 1.29 is 4.39 Å². The van der Waals surface area contributed by atoms with Crippen molar-refractivity contribution >= 4 is 28.8 Å². The van der Waals surface area contributed by atoms with Crippen molar-refractivity contribution in [3.63, 3.8) is 0 Å². The summed E-state index contributed by atoms with van der Waals surface area (Å²) < 4.78 is 17.2. The van der Waals surface area contributed by atoms with Crippen LogP contribution in [0.15, 0.2) is 42.7 Å². The fourth-order valence-corrected chi connectivity index (χ4v) is 3.63. The van der Waals surface area contributed by atoms with Gasteiger partial charge >= 0.3 is 0 Å². The van der Waals surface area contributed by atoms with Gasteiger partial charge in [0, 0.05) is 33.3 Å². The van der Waals surface area contributed by atoms with E-state index in [0.29, 0.717) is 0 Å². The average molecular weight is 437 g/mol. The first kappa shape index (κ1) is 17.2. The summed E-state index contributed by atoms with van der Waals surface area (Å²) in [5.41, 5.74) is 3.93. The van der Waals surface area contributed by atoms with Crippen molar-refractivity contribution in [3.05, 3.63) is 69.0 Å². The second-order valence-electron chi connectivity index (χ2n) is 6.18. The van der Waals surface area contributed by atoms with Crippen LogP contribution in [0.5, 0.6) is 0 Å².